The Kier molecular flexibility index (Phi) is 8.01. The first-order valence-electron chi connectivity index (χ1n) is 14.2. The quantitative estimate of drug-likeness (QED) is 0.250. The zero-order valence-corrected chi connectivity index (χ0v) is 23.5. The zero-order chi connectivity index (χ0) is 28.6. The first kappa shape index (κ1) is 28.1. The summed E-state index contributed by atoms with van der Waals surface area (Å²) in [4.78, 5) is 4.91. The topological polar surface area (TPSA) is 46.7 Å². The molecule has 1 aliphatic carbocycles. The molecular weight excluding hydrogens is 549 g/mol. The van der Waals surface area contributed by atoms with Gasteiger partial charge in [0.15, 0.2) is 0 Å². The number of aromatic nitrogens is 1. The van der Waals surface area contributed by atoms with Gasteiger partial charge >= 0.3 is 6.36 Å². The van der Waals surface area contributed by atoms with Gasteiger partial charge in [0.05, 0.1) is 0 Å². The summed E-state index contributed by atoms with van der Waals surface area (Å²) >= 11 is 6.37. The number of fused-ring (bicyclic) bond motifs is 1. The SMILES string of the molecule is N[C@@H]1CC[C@H](n2cc(-c3ccc(OC(F)(F)F)cc3)c3cc(CN4CCN(Cc5ccccc5Cl)CC4)ccc32)C1. The van der Waals surface area contributed by atoms with Crippen molar-refractivity contribution in [1.82, 2.24) is 14.4 Å². The van der Waals surface area contributed by atoms with Gasteiger partial charge in [0.25, 0.3) is 0 Å². The molecule has 2 atom stereocenters. The summed E-state index contributed by atoms with van der Waals surface area (Å²) in [5.74, 6) is -0.221. The Balaban J connectivity index is 1.22. The number of rotatable bonds is 7. The Labute approximate surface area is 243 Å². The second kappa shape index (κ2) is 11.7. The van der Waals surface area contributed by atoms with Gasteiger partial charge in [-0.3, -0.25) is 9.80 Å². The number of ether oxygens (including phenoxy) is 1. The summed E-state index contributed by atoms with van der Waals surface area (Å²) in [6.07, 6.45) is 0.354. The third-order valence-electron chi connectivity index (χ3n) is 8.36. The minimum absolute atomic E-state index is 0.190. The van der Waals surface area contributed by atoms with Crippen LogP contribution in [0.2, 0.25) is 5.02 Å². The van der Waals surface area contributed by atoms with Crippen LogP contribution in [0, 0.1) is 0 Å². The maximum absolute atomic E-state index is 12.7. The first-order chi connectivity index (χ1) is 19.7. The average molecular weight is 583 g/mol. The summed E-state index contributed by atoms with van der Waals surface area (Å²) < 4.78 is 44.5. The van der Waals surface area contributed by atoms with E-state index in [-0.39, 0.29) is 11.8 Å². The molecule has 216 valence electrons. The smallest absolute Gasteiger partial charge is 0.406 e. The van der Waals surface area contributed by atoms with Gasteiger partial charge in [-0.2, -0.15) is 0 Å². The van der Waals surface area contributed by atoms with Crippen LogP contribution in [0.15, 0.2) is 72.9 Å². The van der Waals surface area contributed by atoms with Crippen LogP contribution in [-0.2, 0) is 13.1 Å². The van der Waals surface area contributed by atoms with Gasteiger partial charge in [0.1, 0.15) is 5.75 Å². The van der Waals surface area contributed by atoms with Crippen LogP contribution in [0.3, 0.4) is 0 Å². The zero-order valence-electron chi connectivity index (χ0n) is 22.8. The molecule has 1 saturated carbocycles. The summed E-state index contributed by atoms with van der Waals surface area (Å²) in [6.45, 7) is 5.59. The Morgan fingerprint density at radius 3 is 2.24 bits per heavy atom. The Morgan fingerprint density at radius 2 is 1.59 bits per heavy atom. The van der Waals surface area contributed by atoms with E-state index in [1.165, 1.54) is 17.7 Å². The number of piperazine rings is 1. The fraction of sp³-hybridized carbons (Fsp3) is 0.375. The summed E-state index contributed by atoms with van der Waals surface area (Å²) in [5.41, 5.74) is 11.6. The van der Waals surface area contributed by atoms with Crippen molar-refractivity contribution in [3.05, 3.63) is 89.1 Å². The molecule has 0 unspecified atom stereocenters. The lowest BCUT2D eigenvalue weighted by Gasteiger charge is -2.35. The molecule has 2 heterocycles. The second-order valence-electron chi connectivity index (χ2n) is 11.2. The molecule has 2 aliphatic rings. The Bertz CT molecular complexity index is 1500. The fourth-order valence-electron chi connectivity index (χ4n) is 6.24. The molecule has 0 bridgehead atoms. The third kappa shape index (κ3) is 6.56. The highest BCUT2D eigenvalue weighted by molar-refractivity contribution is 6.31. The number of nitrogens with two attached hydrogens (primary N) is 1. The van der Waals surface area contributed by atoms with Crippen molar-refractivity contribution in [1.29, 1.82) is 0 Å². The Morgan fingerprint density at radius 1 is 0.878 bits per heavy atom. The van der Waals surface area contributed by atoms with E-state index in [0.29, 0.717) is 6.04 Å². The minimum atomic E-state index is -4.71. The van der Waals surface area contributed by atoms with E-state index in [1.807, 2.05) is 18.2 Å². The molecule has 0 spiro atoms. The molecule has 2 fully saturated rings. The van der Waals surface area contributed by atoms with Crippen LogP contribution >= 0.6 is 11.6 Å². The van der Waals surface area contributed by atoms with Gasteiger partial charge in [0.2, 0.25) is 0 Å². The summed E-state index contributed by atoms with van der Waals surface area (Å²) in [7, 11) is 0. The maximum Gasteiger partial charge on any atom is 0.573 e. The molecule has 2 N–H and O–H groups in total. The lowest BCUT2D eigenvalue weighted by atomic mass is 10.0. The van der Waals surface area contributed by atoms with E-state index in [2.05, 4.69) is 49.6 Å². The predicted octanol–water partition coefficient (Wildman–Crippen LogP) is 7.23. The van der Waals surface area contributed by atoms with Crippen molar-refractivity contribution in [2.24, 2.45) is 5.73 Å². The normalized spacial score (nSPS) is 20.6. The number of nitrogens with zero attached hydrogens (tertiary/aromatic N) is 3. The van der Waals surface area contributed by atoms with Crippen molar-refractivity contribution >= 4 is 22.5 Å². The van der Waals surface area contributed by atoms with Gasteiger partial charge in [-0.1, -0.05) is 48.0 Å². The lowest BCUT2D eigenvalue weighted by molar-refractivity contribution is -0.274. The van der Waals surface area contributed by atoms with Crippen LogP contribution < -0.4 is 10.5 Å². The molecular formula is C32H34ClF3N4O. The standard InChI is InChI=1S/C32H34ClF3N4O/c33-30-4-2-1-3-24(30)20-39-15-13-38(14-16-39)19-22-5-12-31-28(17-22)29(21-40(31)26-9-8-25(37)18-26)23-6-10-27(11-7-23)41-32(34,35)36/h1-7,10-12,17,21,25-26H,8-9,13-16,18-20,37H2/t25-,26+/m1/s1. The number of benzene rings is 3. The van der Waals surface area contributed by atoms with E-state index in [9.17, 15) is 13.2 Å². The highest BCUT2D eigenvalue weighted by Crippen LogP contribution is 2.39. The average Bonchev–Trinajstić information content (AvgIpc) is 3.54. The highest BCUT2D eigenvalue weighted by Gasteiger charge is 2.31. The molecule has 0 amide bonds. The number of alkyl halides is 3. The van der Waals surface area contributed by atoms with Crippen molar-refractivity contribution in [3.8, 4) is 16.9 Å². The summed E-state index contributed by atoms with van der Waals surface area (Å²) in [6, 6.07) is 21.3. The molecule has 41 heavy (non-hydrogen) atoms. The van der Waals surface area contributed by atoms with Gasteiger partial charge in [0, 0.05) is 79.0 Å². The van der Waals surface area contributed by atoms with E-state index in [0.717, 1.165) is 91.1 Å². The van der Waals surface area contributed by atoms with Gasteiger partial charge < -0.3 is 15.0 Å². The van der Waals surface area contributed by atoms with E-state index >= 15 is 0 Å². The number of hydrogen-bond acceptors (Lipinski definition) is 4. The minimum Gasteiger partial charge on any atom is -0.406 e. The van der Waals surface area contributed by atoms with Crippen LogP contribution in [0.1, 0.15) is 36.4 Å². The molecule has 4 aromatic rings. The largest absolute Gasteiger partial charge is 0.573 e. The van der Waals surface area contributed by atoms with Gasteiger partial charge in [-0.15, -0.1) is 13.2 Å². The van der Waals surface area contributed by atoms with Crippen LogP contribution in [-0.4, -0.2) is 53.0 Å². The van der Waals surface area contributed by atoms with Crippen molar-refractivity contribution < 1.29 is 17.9 Å². The first-order valence-corrected chi connectivity index (χ1v) is 14.5. The van der Waals surface area contributed by atoms with Crippen molar-refractivity contribution in [2.45, 2.75) is 50.8 Å². The molecule has 1 aromatic heterocycles. The van der Waals surface area contributed by atoms with Gasteiger partial charge in [-0.25, -0.2) is 0 Å². The Hall–Kier alpha value is -3.04. The number of hydrogen-bond donors (Lipinski definition) is 1. The van der Waals surface area contributed by atoms with E-state index in [1.54, 1.807) is 12.1 Å². The molecule has 0 radical (unpaired) electrons. The van der Waals surface area contributed by atoms with Crippen LogP contribution in [0.25, 0.3) is 22.0 Å². The van der Waals surface area contributed by atoms with Gasteiger partial charge in [-0.05, 0) is 66.3 Å². The summed E-state index contributed by atoms with van der Waals surface area (Å²) in [5, 5.41) is 1.91. The number of halogens is 4. The second-order valence-corrected chi connectivity index (χ2v) is 11.7. The molecule has 3 aromatic carbocycles. The highest BCUT2D eigenvalue weighted by atomic mass is 35.5. The molecule has 1 saturated heterocycles. The van der Waals surface area contributed by atoms with Crippen LogP contribution in [0.5, 0.6) is 5.75 Å². The molecule has 9 heteroatoms. The monoisotopic (exact) mass is 582 g/mol. The van der Waals surface area contributed by atoms with Crippen molar-refractivity contribution in [3.63, 3.8) is 0 Å². The lowest BCUT2D eigenvalue weighted by Crippen LogP contribution is -2.45. The van der Waals surface area contributed by atoms with Crippen LogP contribution in [0.4, 0.5) is 13.2 Å². The third-order valence-corrected chi connectivity index (χ3v) is 8.73. The van der Waals surface area contributed by atoms with Crippen molar-refractivity contribution in [2.75, 3.05) is 26.2 Å². The van der Waals surface area contributed by atoms with E-state index in [4.69, 9.17) is 17.3 Å². The predicted molar refractivity (Wildman–Crippen MR) is 157 cm³/mol. The molecule has 6 rings (SSSR count). The molecule has 1 aliphatic heterocycles. The fourth-order valence-corrected chi connectivity index (χ4v) is 6.44. The van der Waals surface area contributed by atoms with E-state index < -0.39 is 6.36 Å². The maximum atomic E-state index is 12.7. The molecule has 5 nitrogen and oxygen atoms in total.